The SMILES string of the molecule is C=C(C)NC(=NC)c1cccc(C)c1. The normalized spacial score (nSPS) is 11.2. The summed E-state index contributed by atoms with van der Waals surface area (Å²) in [7, 11) is 1.77. The standard InChI is InChI=1S/C12H16N2/c1-9(2)14-12(13-4)11-7-5-6-10(3)8-11/h5-8H,1H2,2-4H3,(H,13,14). The van der Waals surface area contributed by atoms with Gasteiger partial charge in [0, 0.05) is 18.3 Å². The molecular formula is C12H16N2. The summed E-state index contributed by atoms with van der Waals surface area (Å²) in [6, 6.07) is 8.22. The zero-order valence-corrected chi connectivity index (χ0v) is 8.96. The molecular weight excluding hydrogens is 172 g/mol. The Labute approximate surface area is 85.4 Å². The number of nitrogens with zero attached hydrogens (tertiary/aromatic N) is 1. The highest BCUT2D eigenvalue weighted by Crippen LogP contribution is 2.04. The second-order valence-electron chi connectivity index (χ2n) is 3.35. The van der Waals surface area contributed by atoms with Crippen molar-refractivity contribution >= 4 is 5.84 Å². The van der Waals surface area contributed by atoms with Gasteiger partial charge in [-0.15, -0.1) is 0 Å². The first-order chi connectivity index (χ1) is 6.63. The Kier molecular flexibility index (Phi) is 3.46. The number of aryl methyl sites for hydroxylation is 1. The van der Waals surface area contributed by atoms with Crippen LogP contribution in [0.5, 0.6) is 0 Å². The van der Waals surface area contributed by atoms with Gasteiger partial charge in [-0.2, -0.15) is 0 Å². The number of hydrogen-bond donors (Lipinski definition) is 1. The highest BCUT2D eigenvalue weighted by atomic mass is 15.0. The molecule has 0 saturated carbocycles. The molecule has 1 N–H and O–H groups in total. The van der Waals surface area contributed by atoms with Crippen LogP contribution in [0.3, 0.4) is 0 Å². The molecule has 14 heavy (non-hydrogen) atoms. The Balaban J connectivity index is 2.96. The van der Waals surface area contributed by atoms with Crippen molar-refractivity contribution in [2.45, 2.75) is 13.8 Å². The number of amidine groups is 1. The van der Waals surface area contributed by atoms with Gasteiger partial charge in [-0.05, 0) is 19.9 Å². The molecule has 0 radical (unpaired) electrons. The van der Waals surface area contributed by atoms with Crippen LogP contribution < -0.4 is 5.32 Å². The molecule has 1 aromatic rings. The zero-order valence-electron chi connectivity index (χ0n) is 8.96. The van der Waals surface area contributed by atoms with Crippen LogP contribution in [0.1, 0.15) is 18.1 Å². The molecule has 0 spiro atoms. The molecule has 0 bridgehead atoms. The van der Waals surface area contributed by atoms with E-state index in [0.29, 0.717) is 0 Å². The van der Waals surface area contributed by atoms with Crippen LogP contribution in [-0.2, 0) is 0 Å². The van der Waals surface area contributed by atoms with Crippen molar-refractivity contribution in [3.63, 3.8) is 0 Å². The molecule has 0 saturated heterocycles. The fraction of sp³-hybridized carbons (Fsp3) is 0.250. The minimum atomic E-state index is 0.862. The lowest BCUT2D eigenvalue weighted by molar-refractivity contribution is 1.11. The summed E-state index contributed by atoms with van der Waals surface area (Å²) in [6.07, 6.45) is 0. The van der Waals surface area contributed by atoms with Crippen molar-refractivity contribution in [1.82, 2.24) is 5.32 Å². The first-order valence-electron chi connectivity index (χ1n) is 4.60. The van der Waals surface area contributed by atoms with Gasteiger partial charge >= 0.3 is 0 Å². The lowest BCUT2D eigenvalue weighted by atomic mass is 10.1. The number of aliphatic imine (C=N–C) groups is 1. The largest absolute Gasteiger partial charge is 0.344 e. The number of benzene rings is 1. The fourth-order valence-electron chi connectivity index (χ4n) is 1.25. The van der Waals surface area contributed by atoms with E-state index in [-0.39, 0.29) is 0 Å². The highest BCUT2D eigenvalue weighted by molar-refractivity contribution is 5.99. The lowest BCUT2D eigenvalue weighted by Crippen LogP contribution is -2.21. The Morgan fingerprint density at radius 2 is 2.14 bits per heavy atom. The summed E-state index contributed by atoms with van der Waals surface area (Å²) in [5.41, 5.74) is 3.22. The van der Waals surface area contributed by atoms with Crippen LogP contribution in [0.4, 0.5) is 0 Å². The maximum Gasteiger partial charge on any atom is 0.132 e. The molecule has 0 atom stereocenters. The van der Waals surface area contributed by atoms with E-state index in [1.165, 1.54) is 5.56 Å². The first kappa shape index (κ1) is 10.5. The average Bonchev–Trinajstić information content (AvgIpc) is 2.14. The molecule has 1 aromatic carbocycles. The van der Waals surface area contributed by atoms with Gasteiger partial charge in [-0.1, -0.05) is 30.3 Å². The van der Waals surface area contributed by atoms with E-state index in [2.05, 4.69) is 35.9 Å². The molecule has 0 aromatic heterocycles. The number of nitrogens with one attached hydrogen (secondary N) is 1. The molecule has 2 nitrogen and oxygen atoms in total. The maximum absolute atomic E-state index is 4.18. The molecule has 0 aliphatic rings. The Bertz CT molecular complexity index is 364. The van der Waals surface area contributed by atoms with Gasteiger partial charge in [0.2, 0.25) is 0 Å². The Morgan fingerprint density at radius 3 is 2.64 bits per heavy atom. The first-order valence-corrected chi connectivity index (χ1v) is 4.60. The van der Waals surface area contributed by atoms with Crippen LogP contribution >= 0.6 is 0 Å². The van der Waals surface area contributed by atoms with Crippen LogP contribution in [0.15, 0.2) is 41.5 Å². The topological polar surface area (TPSA) is 24.4 Å². The molecule has 0 amide bonds. The Morgan fingerprint density at radius 1 is 1.43 bits per heavy atom. The van der Waals surface area contributed by atoms with Gasteiger partial charge in [-0.3, -0.25) is 4.99 Å². The van der Waals surface area contributed by atoms with Crippen molar-refractivity contribution in [3.8, 4) is 0 Å². The van der Waals surface area contributed by atoms with Crippen LogP contribution in [0.25, 0.3) is 0 Å². The van der Waals surface area contributed by atoms with E-state index in [1.807, 2.05) is 19.1 Å². The molecule has 0 fully saturated rings. The monoisotopic (exact) mass is 188 g/mol. The highest BCUT2D eigenvalue weighted by Gasteiger charge is 2.01. The molecule has 0 unspecified atom stereocenters. The van der Waals surface area contributed by atoms with Crippen molar-refractivity contribution in [1.29, 1.82) is 0 Å². The Hall–Kier alpha value is -1.57. The third-order valence-electron chi connectivity index (χ3n) is 1.85. The average molecular weight is 188 g/mol. The number of allylic oxidation sites excluding steroid dienone is 1. The maximum atomic E-state index is 4.18. The molecule has 1 rings (SSSR count). The van der Waals surface area contributed by atoms with Crippen molar-refractivity contribution < 1.29 is 0 Å². The summed E-state index contributed by atoms with van der Waals surface area (Å²) < 4.78 is 0. The van der Waals surface area contributed by atoms with Gasteiger partial charge in [0.05, 0.1) is 0 Å². The van der Waals surface area contributed by atoms with Crippen molar-refractivity contribution in [2.24, 2.45) is 4.99 Å². The van der Waals surface area contributed by atoms with Crippen LogP contribution in [-0.4, -0.2) is 12.9 Å². The minimum absolute atomic E-state index is 0.862. The van der Waals surface area contributed by atoms with E-state index >= 15 is 0 Å². The summed E-state index contributed by atoms with van der Waals surface area (Å²) in [4.78, 5) is 4.18. The summed E-state index contributed by atoms with van der Waals surface area (Å²) in [5, 5.41) is 3.13. The fourth-order valence-corrected chi connectivity index (χ4v) is 1.25. The predicted molar refractivity (Wildman–Crippen MR) is 61.6 cm³/mol. The number of rotatable bonds is 2. The summed E-state index contributed by atoms with van der Waals surface area (Å²) >= 11 is 0. The molecule has 2 heteroatoms. The van der Waals surface area contributed by atoms with E-state index in [9.17, 15) is 0 Å². The van der Waals surface area contributed by atoms with Crippen molar-refractivity contribution in [2.75, 3.05) is 7.05 Å². The molecule has 0 heterocycles. The smallest absolute Gasteiger partial charge is 0.132 e. The summed E-state index contributed by atoms with van der Waals surface area (Å²) in [6.45, 7) is 7.78. The lowest BCUT2D eigenvalue weighted by Gasteiger charge is -2.09. The predicted octanol–water partition coefficient (Wildman–Crippen LogP) is 2.49. The second-order valence-corrected chi connectivity index (χ2v) is 3.35. The van der Waals surface area contributed by atoms with Gasteiger partial charge in [0.25, 0.3) is 0 Å². The molecule has 74 valence electrons. The van der Waals surface area contributed by atoms with E-state index in [4.69, 9.17) is 0 Å². The van der Waals surface area contributed by atoms with Gasteiger partial charge in [0.1, 0.15) is 5.84 Å². The minimum Gasteiger partial charge on any atom is -0.344 e. The van der Waals surface area contributed by atoms with Gasteiger partial charge < -0.3 is 5.32 Å². The van der Waals surface area contributed by atoms with Gasteiger partial charge in [-0.25, -0.2) is 0 Å². The third-order valence-corrected chi connectivity index (χ3v) is 1.85. The van der Waals surface area contributed by atoms with Crippen LogP contribution in [0.2, 0.25) is 0 Å². The van der Waals surface area contributed by atoms with Crippen LogP contribution in [0, 0.1) is 6.92 Å². The number of hydrogen-bond acceptors (Lipinski definition) is 1. The molecule has 0 aliphatic heterocycles. The second kappa shape index (κ2) is 4.61. The van der Waals surface area contributed by atoms with Crippen molar-refractivity contribution in [3.05, 3.63) is 47.7 Å². The molecule has 0 aliphatic carbocycles. The zero-order chi connectivity index (χ0) is 10.6. The van der Waals surface area contributed by atoms with E-state index < -0.39 is 0 Å². The quantitative estimate of drug-likeness (QED) is 0.559. The summed E-state index contributed by atoms with van der Waals surface area (Å²) in [5.74, 6) is 0.862. The third kappa shape index (κ3) is 2.73. The van der Waals surface area contributed by atoms with Gasteiger partial charge in [0.15, 0.2) is 0 Å². The van der Waals surface area contributed by atoms with E-state index in [0.717, 1.165) is 17.1 Å². The van der Waals surface area contributed by atoms with E-state index in [1.54, 1.807) is 7.05 Å².